The van der Waals surface area contributed by atoms with E-state index in [1.54, 1.807) is 23.7 Å². The van der Waals surface area contributed by atoms with Crippen molar-refractivity contribution in [2.24, 2.45) is 0 Å². The molecule has 0 aliphatic heterocycles. The van der Waals surface area contributed by atoms with Gasteiger partial charge in [-0.2, -0.15) is 0 Å². The van der Waals surface area contributed by atoms with E-state index in [4.69, 9.17) is 4.52 Å². The van der Waals surface area contributed by atoms with Crippen LogP contribution in [0, 0.1) is 13.8 Å². The molecular weight excluding hydrogens is 284 g/mol. The quantitative estimate of drug-likeness (QED) is 0.794. The molecule has 0 bridgehead atoms. The second kappa shape index (κ2) is 6.80. The van der Waals surface area contributed by atoms with Crippen molar-refractivity contribution in [2.75, 3.05) is 7.05 Å². The highest BCUT2D eigenvalue weighted by molar-refractivity contribution is 8.00. The summed E-state index contributed by atoms with van der Waals surface area (Å²) < 4.78 is 5.02. The Labute approximate surface area is 129 Å². The smallest absolute Gasteiger partial charge is 0.235 e. The number of hydrogen-bond donors (Lipinski definition) is 0. The van der Waals surface area contributed by atoms with Crippen molar-refractivity contribution in [1.29, 1.82) is 0 Å². The monoisotopic (exact) mass is 304 g/mol. The lowest BCUT2D eigenvalue weighted by Gasteiger charge is -2.20. The molecule has 5 heteroatoms. The number of thioether (sulfide) groups is 1. The fourth-order valence-electron chi connectivity index (χ4n) is 2.00. The van der Waals surface area contributed by atoms with Gasteiger partial charge in [0.2, 0.25) is 5.91 Å². The van der Waals surface area contributed by atoms with Crippen LogP contribution in [0.2, 0.25) is 0 Å². The summed E-state index contributed by atoms with van der Waals surface area (Å²) in [5.74, 6) is 0.842. The third-order valence-corrected chi connectivity index (χ3v) is 4.23. The van der Waals surface area contributed by atoms with Gasteiger partial charge in [-0.15, -0.1) is 11.8 Å². The zero-order chi connectivity index (χ0) is 15.4. The van der Waals surface area contributed by atoms with Crippen LogP contribution < -0.4 is 0 Å². The van der Waals surface area contributed by atoms with Gasteiger partial charge in [0.1, 0.15) is 11.5 Å². The zero-order valence-electron chi connectivity index (χ0n) is 12.8. The Morgan fingerprint density at radius 3 is 2.57 bits per heavy atom. The van der Waals surface area contributed by atoms with Crippen molar-refractivity contribution >= 4 is 17.7 Å². The first-order valence-electron chi connectivity index (χ1n) is 6.86. The molecule has 1 aromatic heterocycles. The maximum atomic E-state index is 12.4. The number of benzene rings is 1. The molecule has 0 radical (unpaired) electrons. The molecule has 2 rings (SSSR count). The normalized spacial score (nSPS) is 12.2. The molecule has 1 aromatic carbocycles. The lowest BCUT2D eigenvalue weighted by Crippen LogP contribution is -2.32. The molecule has 21 heavy (non-hydrogen) atoms. The van der Waals surface area contributed by atoms with Crippen LogP contribution in [0.4, 0.5) is 0 Å². The Morgan fingerprint density at radius 2 is 2.00 bits per heavy atom. The van der Waals surface area contributed by atoms with Crippen LogP contribution >= 0.6 is 11.8 Å². The number of amides is 1. The Kier molecular flexibility index (Phi) is 5.07. The van der Waals surface area contributed by atoms with Crippen LogP contribution in [-0.2, 0) is 11.3 Å². The summed E-state index contributed by atoms with van der Waals surface area (Å²) in [7, 11) is 1.79. The van der Waals surface area contributed by atoms with Crippen molar-refractivity contribution in [3.63, 3.8) is 0 Å². The maximum Gasteiger partial charge on any atom is 0.235 e. The summed E-state index contributed by atoms with van der Waals surface area (Å²) in [5, 5.41) is 3.78. The average Bonchev–Trinajstić information content (AvgIpc) is 2.85. The molecule has 0 aliphatic carbocycles. The molecule has 4 nitrogen and oxygen atoms in total. The van der Waals surface area contributed by atoms with Crippen molar-refractivity contribution < 1.29 is 9.32 Å². The first-order chi connectivity index (χ1) is 9.95. The number of nitrogens with zero attached hydrogens (tertiary/aromatic N) is 2. The molecule has 0 aliphatic rings. The van der Waals surface area contributed by atoms with E-state index in [0.717, 1.165) is 16.3 Å². The average molecular weight is 304 g/mol. The summed E-state index contributed by atoms with van der Waals surface area (Å²) in [6, 6.07) is 10.1. The van der Waals surface area contributed by atoms with Crippen molar-refractivity contribution in [3.05, 3.63) is 47.3 Å². The predicted molar refractivity (Wildman–Crippen MR) is 84.2 cm³/mol. The van der Waals surface area contributed by atoms with E-state index in [1.807, 2.05) is 32.0 Å². The minimum atomic E-state index is -0.134. The molecular formula is C16H20N2O2S. The molecule has 0 spiro atoms. The van der Waals surface area contributed by atoms with Gasteiger partial charge < -0.3 is 9.42 Å². The van der Waals surface area contributed by atoms with Gasteiger partial charge in [0.25, 0.3) is 0 Å². The molecule has 0 fully saturated rings. The zero-order valence-corrected chi connectivity index (χ0v) is 13.6. The minimum absolute atomic E-state index is 0.0845. The maximum absolute atomic E-state index is 12.4. The summed E-state index contributed by atoms with van der Waals surface area (Å²) in [4.78, 5) is 15.2. The van der Waals surface area contributed by atoms with Crippen LogP contribution in [0.1, 0.15) is 23.9 Å². The lowest BCUT2D eigenvalue weighted by atomic mass is 10.2. The fraction of sp³-hybridized carbons (Fsp3) is 0.375. The summed E-state index contributed by atoms with van der Waals surface area (Å²) in [6.07, 6.45) is 0. The molecule has 0 unspecified atom stereocenters. The van der Waals surface area contributed by atoms with E-state index in [0.29, 0.717) is 6.54 Å². The summed E-state index contributed by atoms with van der Waals surface area (Å²) in [5.41, 5.74) is 1.99. The number of aryl methyl sites for hydroxylation is 2. The molecule has 112 valence electrons. The predicted octanol–water partition coefficient (Wildman–Crippen LogP) is 3.43. The van der Waals surface area contributed by atoms with E-state index < -0.39 is 0 Å². The first-order valence-corrected chi connectivity index (χ1v) is 7.74. The van der Waals surface area contributed by atoms with Crippen molar-refractivity contribution in [3.8, 4) is 0 Å². The SMILES string of the molecule is Cc1ccc(S[C@H](C)C(=O)N(C)Cc2cc(C)on2)cc1. The van der Waals surface area contributed by atoms with E-state index in [-0.39, 0.29) is 11.2 Å². The van der Waals surface area contributed by atoms with Gasteiger partial charge in [0.05, 0.1) is 11.8 Å². The fourth-order valence-corrected chi connectivity index (χ4v) is 2.98. The number of rotatable bonds is 5. The van der Waals surface area contributed by atoms with E-state index in [1.165, 1.54) is 5.56 Å². The molecule has 0 saturated heterocycles. The van der Waals surface area contributed by atoms with Crippen LogP contribution in [0.25, 0.3) is 0 Å². The van der Waals surface area contributed by atoms with Gasteiger partial charge in [0, 0.05) is 18.0 Å². The Morgan fingerprint density at radius 1 is 1.33 bits per heavy atom. The van der Waals surface area contributed by atoms with Crippen LogP contribution in [0.5, 0.6) is 0 Å². The molecule has 1 atom stereocenters. The molecule has 1 amide bonds. The van der Waals surface area contributed by atoms with Gasteiger partial charge in [-0.05, 0) is 32.9 Å². The highest BCUT2D eigenvalue weighted by Gasteiger charge is 2.19. The molecule has 2 aromatic rings. The Balaban J connectivity index is 1.93. The molecule has 0 N–H and O–H groups in total. The first kappa shape index (κ1) is 15.6. The summed E-state index contributed by atoms with van der Waals surface area (Å²) in [6.45, 7) is 6.29. The minimum Gasteiger partial charge on any atom is -0.361 e. The van der Waals surface area contributed by atoms with E-state index in [2.05, 4.69) is 24.2 Å². The van der Waals surface area contributed by atoms with E-state index >= 15 is 0 Å². The van der Waals surface area contributed by atoms with Crippen molar-refractivity contribution in [1.82, 2.24) is 10.1 Å². The van der Waals surface area contributed by atoms with Crippen LogP contribution in [-0.4, -0.2) is 28.3 Å². The molecule has 0 saturated carbocycles. The standard InChI is InChI=1S/C16H20N2O2S/c1-11-5-7-15(8-6-11)21-13(3)16(19)18(4)10-14-9-12(2)20-17-14/h5-9,13H,10H2,1-4H3/t13-/m1/s1. The third-order valence-electron chi connectivity index (χ3n) is 3.13. The number of hydrogen-bond acceptors (Lipinski definition) is 4. The lowest BCUT2D eigenvalue weighted by molar-refractivity contribution is -0.129. The largest absolute Gasteiger partial charge is 0.361 e. The third kappa shape index (κ3) is 4.36. The topological polar surface area (TPSA) is 46.3 Å². The van der Waals surface area contributed by atoms with E-state index in [9.17, 15) is 4.79 Å². The van der Waals surface area contributed by atoms with Crippen molar-refractivity contribution in [2.45, 2.75) is 37.5 Å². The van der Waals surface area contributed by atoms with Gasteiger partial charge >= 0.3 is 0 Å². The second-order valence-corrected chi connectivity index (χ2v) is 6.61. The van der Waals surface area contributed by atoms with Crippen LogP contribution in [0.3, 0.4) is 0 Å². The van der Waals surface area contributed by atoms with Crippen LogP contribution in [0.15, 0.2) is 39.8 Å². The second-order valence-electron chi connectivity index (χ2n) is 5.20. The number of carbonyl (C=O) groups is 1. The van der Waals surface area contributed by atoms with Gasteiger partial charge in [-0.3, -0.25) is 4.79 Å². The molecule has 1 heterocycles. The van der Waals surface area contributed by atoms with Gasteiger partial charge in [-0.25, -0.2) is 0 Å². The highest BCUT2D eigenvalue weighted by atomic mass is 32.2. The summed E-state index contributed by atoms with van der Waals surface area (Å²) >= 11 is 1.57. The highest BCUT2D eigenvalue weighted by Crippen LogP contribution is 2.24. The van der Waals surface area contributed by atoms with Gasteiger partial charge in [-0.1, -0.05) is 22.9 Å². The Hall–Kier alpha value is -1.75. The number of carbonyl (C=O) groups excluding carboxylic acids is 1. The number of aromatic nitrogens is 1. The van der Waals surface area contributed by atoms with Gasteiger partial charge in [0.15, 0.2) is 0 Å². The Bertz CT molecular complexity index is 607.